The van der Waals surface area contributed by atoms with Crippen LogP contribution >= 0.6 is 0 Å². The molecule has 0 radical (unpaired) electrons. The molecule has 3 N–H and O–H groups in total. The van der Waals surface area contributed by atoms with E-state index in [-0.39, 0.29) is 11.9 Å². The zero-order valence-electron chi connectivity index (χ0n) is 12.7. The second kappa shape index (κ2) is 5.81. The number of carbonyl (C=O) groups is 1. The molecule has 1 aromatic heterocycles. The van der Waals surface area contributed by atoms with Gasteiger partial charge in [-0.1, -0.05) is 27.2 Å². The summed E-state index contributed by atoms with van der Waals surface area (Å²) in [6.45, 7) is 6.54. The van der Waals surface area contributed by atoms with Crippen molar-refractivity contribution >= 4 is 11.7 Å². The molecule has 4 nitrogen and oxygen atoms in total. The first-order valence-electron chi connectivity index (χ1n) is 7.47. The normalized spacial score (nSPS) is 21.4. The Morgan fingerprint density at radius 2 is 2.25 bits per heavy atom. The molecule has 0 aromatic carbocycles. The van der Waals surface area contributed by atoms with Gasteiger partial charge in [0.15, 0.2) is 0 Å². The first-order valence-corrected chi connectivity index (χ1v) is 7.47. The molecule has 1 fully saturated rings. The first kappa shape index (κ1) is 14.8. The van der Waals surface area contributed by atoms with E-state index in [9.17, 15) is 4.79 Å². The highest BCUT2D eigenvalue weighted by Gasteiger charge is 2.29. The van der Waals surface area contributed by atoms with E-state index >= 15 is 0 Å². The minimum Gasteiger partial charge on any atom is -0.384 e. The predicted octanol–water partition coefficient (Wildman–Crippen LogP) is 2.92. The molecule has 0 aliphatic heterocycles. The summed E-state index contributed by atoms with van der Waals surface area (Å²) in [5.74, 6) is 0.384. The van der Waals surface area contributed by atoms with E-state index in [4.69, 9.17) is 5.73 Å². The molecule has 1 saturated carbocycles. The van der Waals surface area contributed by atoms with E-state index < -0.39 is 0 Å². The Kier molecular flexibility index (Phi) is 4.31. The van der Waals surface area contributed by atoms with Crippen molar-refractivity contribution in [2.75, 3.05) is 5.73 Å². The number of pyridine rings is 1. The Morgan fingerprint density at radius 1 is 1.50 bits per heavy atom. The number of hydrogen-bond donors (Lipinski definition) is 2. The van der Waals surface area contributed by atoms with Gasteiger partial charge in [-0.05, 0) is 43.2 Å². The van der Waals surface area contributed by atoms with Gasteiger partial charge in [-0.3, -0.25) is 4.79 Å². The predicted molar refractivity (Wildman–Crippen MR) is 81.5 cm³/mol. The molecule has 1 amide bonds. The number of hydrogen-bond acceptors (Lipinski definition) is 3. The molecule has 1 aromatic rings. The Balaban J connectivity index is 2.06. The number of aromatic nitrogens is 1. The lowest BCUT2D eigenvalue weighted by Crippen LogP contribution is -2.40. The van der Waals surface area contributed by atoms with E-state index in [1.54, 1.807) is 6.07 Å². The molecule has 110 valence electrons. The Bertz CT molecular complexity index is 496. The maximum absolute atomic E-state index is 12.3. The van der Waals surface area contributed by atoms with Crippen molar-refractivity contribution in [1.82, 2.24) is 10.3 Å². The van der Waals surface area contributed by atoms with Crippen LogP contribution in [-0.4, -0.2) is 16.9 Å². The number of amides is 1. The third-order valence-electron chi connectivity index (χ3n) is 4.06. The second-order valence-electron chi connectivity index (χ2n) is 6.56. The molecule has 1 heterocycles. The number of nitrogens with one attached hydrogen (secondary N) is 1. The van der Waals surface area contributed by atoms with Crippen LogP contribution in [-0.2, 0) is 6.42 Å². The van der Waals surface area contributed by atoms with Crippen molar-refractivity contribution in [2.45, 2.75) is 58.9 Å². The van der Waals surface area contributed by atoms with Gasteiger partial charge in [-0.15, -0.1) is 0 Å². The summed E-state index contributed by atoms with van der Waals surface area (Å²) >= 11 is 0. The maximum atomic E-state index is 12.3. The van der Waals surface area contributed by atoms with Crippen molar-refractivity contribution < 1.29 is 4.79 Å². The molecule has 1 aliphatic rings. The van der Waals surface area contributed by atoms with Crippen LogP contribution in [0.3, 0.4) is 0 Å². The van der Waals surface area contributed by atoms with E-state index in [2.05, 4.69) is 24.1 Å². The highest BCUT2D eigenvalue weighted by Crippen LogP contribution is 2.35. The summed E-state index contributed by atoms with van der Waals surface area (Å²) in [6, 6.07) is 3.76. The molecular weight excluding hydrogens is 250 g/mol. The van der Waals surface area contributed by atoms with E-state index in [0.29, 0.717) is 16.8 Å². The number of nitrogens with zero attached hydrogens (tertiary/aromatic N) is 1. The fourth-order valence-electron chi connectivity index (χ4n) is 3.01. The number of anilines is 1. The van der Waals surface area contributed by atoms with Gasteiger partial charge in [0.25, 0.3) is 5.91 Å². The number of nitrogens with two attached hydrogens (primary N) is 1. The molecule has 0 saturated heterocycles. The van der Waals surface area contributed by atoms with Crippen LogP contribution in [0.2, 0.25) is 0 Å². The monoisotopic (exact) mass is 275 g/mol. The summed E-state index contributed by atoms with van der Waals surface area (Å²) in [6.07, 6.45) is 5.30. The van der Waals surface area contributed by atoms with Crippen LogP contribution in [0.5, 0.6) is 0 Å². The van der Waals surface area contributed by atoms with Crippen LogP contribution < -0.4 is 11.1 Å². The van der Waals surface area contributed by atoms with Gasteiger partial charge in [0.05, 0.1) is 0 Å². The number of rotatable bonds is 3. The first-order chi connectivity index (χ1) is 9.39. The third kappa shape index (κ3) is 3.71. The van der Waals surface area contributed by atoms with Crippen molar-refractivity contribution in [3.8, 4) is 0 Å². The lowest BCUT2D eigenvalue weighted by atomic mass is 9.75. The van der Waals surface area contributed by atoms with Gasteiger partial charge < -0.3 is 11.1 Å². The van der Waals surface area contributed by atoms with Gasteiger partial charge in [-0.2, -0.15) is 0 Å². The molecular formula is C16H25N3O. The second-order valence-corrected chi connectivity index (χ2v) is 6.56. The molecule has 1 unspecified atom stereocenters. The van der Waals surface area contributed by atoms with Crippen molar-refractivity contribution in [1.29, 1.82) is 0 Å². The van der Waals surface area contributed by atoms with E-state index in [1.807, 2.05) is 13.0 Å². The SMILES string of the molecule is CCc1cc(C(=O)NC2CCCC(C)(C)C2)cc(N)n1. The minimum atomic E-state index is -0.0310. The maximum Gasteiger partial charge on any atom is 0.251 e. The lowest BCUT2D eigenvalue weighted by Gasteiger charge is -2.35. The molecule has 1 atom stereocenters. The van der Waals surface area contributed by atoms with Gasteiger partial charge in [0.1, 0.15) is 5.82 Å². The molecule has 0 bridgehead atoms. The Hall–Kier alpha value is -1.58. The molecule has 1 aliphatic carbocycles. The van der Waals surface area contributed by atoms with E-state index in [0.717, 1.165) is 25.0 Å². The summed E-state index contributed by atoms with van der Waals surface area (Å²) in [4.78, 5) is 16.6. The number of carbonyl (C=O) groups excluding carboxylic acids is 1. The van der Waals surface area contributed by atoms with E-state index in [1.165, 1.54) is 12.8 Å². The van der Waals surface area contributed by atoms with Crippen molar-refractivity contribution in [3.63, 3.8) is 0 Å². The minimum absolute atomic E-state index is 0.0310. The van der Waals surface area contributed by atoms with Gasteiger partial charge in [0, 0.05) is 17.3 Å². The molecule has 4 heteroatoms. The van der Waals surface area contributed by atoms with Crippen LogP contribution in [0.4, 0.5) is 5.82 Å². The highest BCUT2D eigenvalue weighted by molar-refractivity contribution is 5.95. The fraction of sp³-hybridized carbons (Fsp3) is 0.625. The third-order valence-corrected chi connectivity index (χ3v) is 4.06. The van der Waals surface area contributed by atoms with Crippen LogP contribution in [0.15, 0.2) is 12.1 Å². The Labute approximate surface area is 121 Å². The van der Waals surface area contributed by atoms with Gasteiger partial charge >= 0.3 is 0 Å². The standard InChI is InChI=1S/C16H25N3O/c1-4-12-8-11(9-14(17)18-12)15(20)19-13-6-5-7-16(2,3)10-13/h8-9,13H,4-7,10H2,1-3H3,(H2,17,18)(H,19,20). The molecule has 2 rings (SSSR count). The summed E-state index contributed by atoms with van der Waals surface area (Å²) in [5.41, 5.74) is 7.56. The lowest BCUT2D eigenvalue weighted by molar-refractivity contribution is 0.0902. The quantitative estimate of drug-likeness (QED) is 0.891. The van der Waals surface area contributed by atoms with Gasteiger partial charge in [-0.25, -0.2) is 4.98 Å². The highest BCUT2D eigenvalue weighted by atomic mass is 16.1. The number of nitrogen functional groups attached to an aromatic ring is 1. The van der Waals surface area contributed by atoms with Crippen LogP contribution in [0.25, 0.3) is 0 Å². The average molecular weight is 275 g/mol. The van der Waals surface area contributed by atoms with Crippen LogP contribution in [0.1, 0.15) is 62.5 Å². The molecule has 20 heavy (non-hydrogen) atoms. The zero-order valence-corrected chi connectivity index (χ0v) is 12.7. The molecule has 0 spiro atoms. The number of aryl methyl sites for hydroxylation is 1. The summed E-state index contributed by atoms with van der Waals surface area (Å²) in [5, 5.41) is 3.15. The average Bonchev–Trinajstić information content (AvgIpc) is 2.36. The Morgan fingerprint density at radius 3 is 2.90 bits per heavy atom. The smallest absolute Gasteiger partial charge is 0.251 e. The largest absolute Gasteiger partial charge is 0.384 e. The zero-order chi connectivity index (χ0) is 14.8. The topological polar surface area (TPSA) is 68.0 Å². The van der Waals surface area contributed by atoms with Gasteiger partial charge in [0.2, 0.25) is 0 Å². The summed E-state index contributed by atoms with van der Waals surface area (Å²) in [7, 11) is 0. The fourth-order valence-corrected chi connectivity index (χ4v) is 3.01. The van der Waals surface area contributed by atoms with Crippen molar-refractivity contribution in [3.05, 3.63) is 23.4 Å². The van der Waals surface area contributed by atoms with Crippen LogP contribution in [0, 0.1) is 5.41 Å². The summed E-state index contributed by atoms with van der Waals surface area (Å²) < 4.78 is 0. The van der Waals surface area contributed by atoms with Crippen molar-refractivity contribution in [2.24, 2.45) is 5.41 Å².